The average Bonchev–Trinajstić information content (AvgIpc) is 2.90. The molecule has 0 unspecified atom stereocenters. The first kappa shape index (κ1) is 17.8. The van der Waals surface area contributed by atoms with E-state index in [9.17, 15) is 4.79 Å². The number of benzene rings is 2. The number of halogens is 2. The molecule has 0 spiro atoms. The van der Waals surface area contributed by atoms with Crippen LogP contribution in [-0.4, -0.2) is 11.1 Å². The van der Waals surface area contributed by atoms with Crippen molar-refractivity contribution >= 4 is 57.8 Å². The lowest BCUT2D eigenvalue weighted by atomic mass is 10.1. The van der Waals surface area contributed by atoms with E-state index in [-0.39, 0.29) is 5.91 Å². The molecule has 2 aromatic carbocycles. The van der Waals surface area contributed by atoms with Gasteiger partial charge in [0.05, 0.1) is 15.6 Å². The molecule has 3 nitrogen and oxygen atoms in total. The number of amides is 1. The van der Waals surface area contributed by atoms with Crippen LogP contribution in [0, 0.1) is 0 Å². The Labute approximate surface area is 160 Å². The van der Waals surface area contributed by atoms with Crippen molar-refractivity contribution in [3.63, 3.8) is 0 Å². The summed E-state index contributed by atoms with van der Waals surface area (Å²) in [5.41, 5.74) is 2.63. The molecule has 2 aromatic rings. The van der Waals surface area contributed by atoms with Gasteiger partial charge in [-0.2, -0.15) is 0 Å². The Morgan fingerprint density at radius 3 is 2.64 bits per heavy atom. The van der Waals surface area contributed by atoms with E-state index in [4.69, 9.17) is 23.2 Å². The average molecular weight is 389 g/mol. The molecule has 1 aliphatic heterocycles. The molecule has 1 amide bonds. The third-order valence-electron chi connectivity index (χ3n) is 3.34. The number of thioether (sulfide) groups is 1. The summed E-state index contributed by atoms with van der Waals surface area (Å²) in [4.78, 5) is 17.1. The molecule has 1 aliphatic rings. The van der Waals surface area contributed by atoms with Gasteiger partial charge >= 0.3 is 0 Å². The van der Waals surface area contributed by atoms with Crippen LogP contribution in [0.15, 0.2) is 70.1 Å². The molecule has 126 valence electrons. The Kier molecular flexibility index (Phi) is 5.63. The number of nitrogens with zero attached hydrogens (tertiary/aromatic N) is 1. The monoisotopic (exact) mass is 388 g/mol. The van der Waals surface area contributed by atoms with Gasteiger partial charge in [-0.15, -0.1) is 0 Å². The Morgan fingerprint density at radius 2 is 1.92 bits per heavy atom. The third kappa shape index (κ3) is 4.75. The van der Waals surface area contributed by atoms with Gasteiger partial charge < -0.3 is 5.32 Å². The number of rotatable bonds is 3. The van der Waals surface area contributed by atoms with E-state index in [0.717, 1.165) is 11.1 Å². The van der Waals surface area contributed by atoms with E-state index in [2.05, 4.69) is 10.3 Å². The van der Waals surface area contributed by atoms with Crippen molar-refractivity contribution in [3.05, 3.63) is 80.7 Å². The summed E-state index contributed by atoms with van der Waals surface area (Å²) < 4.78 is 0. The van der Waals surface area contributed by atoms with Crippen molar-refractivity contribution in [1.82, 2.24) is 5.32 Å². The fourth-order valence-electron chi connectivity index (χ4n) is 2.22. The fourth-order valence-corrected chi connectivity index (χ4v) is 3.56. The summed E-state index contributed by atoms with van der Waals surface area (Å²) >= 11 is 13.3. The highest BCUT2D eigenvalue weighted by Crippen LogP contribution is 2.32. The predicted molar refractivity (Wildman–Crippen MR) is 107 cm³/mol. The number of hydrogen-bond acceptors (Lipinski definition) is 3. The molecule has 25 heavy (non-hydrogen) atoms. The van der Waals surface area contributed by atoms with Crippen molar-refractivity contribution in [3.8, 4) is 0 Å². The standard InChI is InChI=1S/C19H14Cl2N2OS/c1-12(9-13-5-3-2-4-6-13)10-17-18(24)23-19(25-17)22-16-8-7-14(20)11-15(16)21/h2-11H,1H3,(H,22,23,24)/b12-9-,17-10-. The minimum atomic E-state index is -0.172. The Morgan fingerprint density at radius 1 is 1.16 bits per heavy atom. The summed E-state index contributed by atoms with van der Waals surface area (Å²) in [5.74, 6) is -0.172. The van der Waals surface area contributed by atoms with Crippen molar-refractivity contribution in [2.45, 2.75) is 6.92 Å². The second-order valence-corrected chi connectivity index (χ2v) is 7.25. The van der Waals surface area contributed by atoms with E-state index in [1.807, 2.05) is 49.4 Å². The second-order valence-electron chi connectivity index (χ2n) is 5.38. The fraction of sp³-hybridized carbons (Fsp3) is 0.0526. The van der Waals surface area contributed by atoms with Gasteiger partial charge in [0.2, 0.25) is 0 Å². The minimum absolute atomic E-state index is 0.172. The quantitative estimate of drug-likeness (QED) is 0.671. The SMILES string of the molecule is CC(=C/c1ccccc1)/C=C1\SC(=Nc2ccc(Cl)cc2Cl)NC1=O. The van der Waals surface area contributed by atoms with E-state index in [1.54, 1.807) is 18.2 Å². The highest BCUT2D eigenvalue weighted by atomic mass is 35.5. The van der Waals surface area contributed by atoms with Gasteiger partial charge in [0.1, 0.15) is 0 Å². The molecule has 3 rings (SSSR count). The highest BCUT2D eigenvalue weighted by molar-refractivity contribution is 8.18. The first-order valence-electron chi connectivity index (χ1n) is 7.49. The second kappa shape index (κ2) is 7.91. The van der Waals surface area contributed by atoms with E-state index in [0.29, 0.717) is 25.8 Å². The summed E-state index contributed by atoms with van der Waals surface area (Å²) in [5, 5.41) is 4.22. The molecular formula is C19H14Cl2N2OS. The lowest BCUT2D eigenvalue weighted by Crippen LogP contribution is -2.19. The lowest BCUT2D eigenvalue weighted by molar-refractivity contribution is -0.115. The molecule has 0 radical (unpaired) electrons. The Balaban J connectivity index is 1.80. The van der Waals surface area contributed by atoms with Gasteiger partial charge in [0, 0.05) is 5.02 Å². The van der Waals surface area contributed by atoms with E-state index in [1.165, 1.54) is 11.8 Å². The van der Waals surface area contributed by atoms with E-state index >= 15 is 0 Å². The van der Waals surface area contributed by atoms with Crippen molar-refractivity contribution in [2.24, 2.45) is 4.99 Å². The maximum absolute atomic E-state index is 12.1. The van der Waals surface area contributed by atoms with Gasteiger partial charge in [0.25, 0.3) is 5.91 Å². The van der Waals surface area contributed by atoms with Gasteiger partial charge in [-0.3, -0.25) is 4.79 Å². The molecule has 0 bridgehead atoms. The zero-order valence-corrected chi connectivity index (χ0v) is 15.6. The number of hydrogen-bond donors (Lipinski definition) is 1. The van der Waals surface area contributed by atoms with Gasteiger partial charge in [-0.25, -0.2) is 4.99 Å². The minimum Gasteiger partial charge on any atom is -0.300 e. The van der Waals surface area contributed by atoms with Gasteiger partial charge in [0.15, 0.2) is 5.17 Å². The maximum Gasteiger partial charge on any atom is 0.264 e. The molecule has 1 saturated heterocycles. The third-order valence-corrected chi connectivity index (χ3v) is 4.78. The molecule has 1 N–H and O–H groups in total. The molecule has 1 heterocycles. The summed E-state index contributed by atoms with van der Waals surface area (Å²) in [7, 11) is 0. The maximum atomic E-state index is 12.1. The van der Waals surface area contributed by atoms with Crippen LogP contribution in [-0.2, 0) is 4.79 Å². The predicted octanol–water partition coefficient (Wildman–Crippen LogP) is 5.83. The van der Waals surface area contributed by atoms with Crippen molar-refractivity contribution < 1.29 is 4.79 Å². The Bertz CT molecular complexity index is 905. The smallest absolute Gasteiger partial charge is 0.264 e. The first-order valence-corrected chi connectivity index (χ1v) is 9.06. The lowest BCUT2D eigenvalue weighted by Gasteiger charge is -2.00. The number of nitrogens with one attached hydrogen (secondary N) is 1. The molecular weight excluding hydrogens is 375 g/mol. The van der Waals surface area contributed by atoms with Crippen LogP contribution in [0.1, 0.15) is 12.5 Å². The zero-order chi connectivity index (χ0) is 17.8. The topological polar surface area (TPSA) is 41.5 Å². The number of aliphatic imine (C=N–C) groups is 1. The summed E-state index contributed by atoms with van der Waals surface area (Å²) in [6.07, 6.45) is 3.87. The van der Waals surface area contributed by atoms with E-state index < -0.39 is 0 Å². The molecule has 6 heteroatoms. The number of amidine groups is 1. The van der Waals surface area contributed by atoms with Gasteiger partial charge in [-0.05, 0) is 54.1 Å². The van der Waals surface area contributed by atoms with Crippen LogP contribution >= 0.6 is 35.0 Å². The summed E-state index contributed by atoms with van der Waals surface area (Å²) in [6.45, 7) is 1.96. The first-order chi connectivity index (χ1) is 12.0. The highest BCUT2D eigenvalue weighted by Gasteiger charge is 2.24. The van der Waals surface area contributed by atoms with Gasteiger partial charge in [-0.1, -0.05) is 59.6 Å². The summed E-state index contributed by atoms with van der Waals surface area (Å²) in [6, 6.07) is 15.0. The van der Waals surface area contributed by atoms with Crippen LogP contribution in [0.2, 0.25) is 10.0 Å². The van der Waals surface area contributed by atoms with Crippen molar-refractivity contribution in [2.75, 3.05) is 0 Å². The largest absolute Gasteiger partial charge is 0.300 e. The number of carbonyl (C=O) groups is 1. The normalized spacial score (nSPS) is 18.0. The van der Waals surface area contributed by atoms with Crippen LogP contribution in [0.3, 0.4) is 0 Å². The molecule has 1 fully saturated rings. The van der Waals surface area contributed by atoms with Crippen LogP contribution < -0.4 is 5.32 Å². The molecule has 0 aromatic heterocycles. The number of allylic oxidation sites excluding steroid dienone is 2. The van der Waals surface area contributed by atoms with Crippen molar-refractivity contribution in [1.29, 1.82) is 0 Å². The zero-order valence-electron chi connectivity index (χ0n) is 13.3. The molecule has 0 saturated carbocycles. The molecule has 0 aliphatic carbocycles. The van der Waals surface area contributed by atoms with Crippen LogP contribution in [0.4, 0.5) is 5.69 Å². The Hall–Kier alpha value is -2.01. The number of carbonyl (C=O) groups excluding carboxylic acids is 1. The molecule has 0 atom stereocenters. The van der Waals surface area contributed by atoms with Crippen LogP contribution in [0.5, 0.6) is 0 Å². The van der Waals surface area contributed by atoms with Crippen LogP contribution in [0.25, 0.3) is 6.08 Å².